The van der Waals surface area contributed by atoms with Gasteiger partial charge in [-0.3, -0.25) is 4.79 Å². The second kappa shape index (κ2) is 7.42. The Morgan fingerprint density at radius 1 is 1.36 bits per heavy atom. The van der Waals surface area contributed by atoms with Crippen LogP contribution in [0.15, 0.2) is 24.3 Å². The zero-order chi connectivity index (χ0) is 18.6. The van der Waals surface area contributed by atoms with Crippen molar-refractivity contribution in [2.24, 2.45) is 11.8 Å². The number of aliphatic carboxylic acids is 1. The summed E-state index contributed by atoms with van der Waals surface area (Å²) >= 11 is 0. The standard InChI is InChI=1S/C16H16F3N3O3/c17-16(18,19)13-9-22(8-12(13)14(23)24)15(25)21-5-4-10-2-1-3-11(6-10)7-20/h1-3,6,12-13H,4-5,8-9H2,(H,21,25)(H,23,24)/t12-,13-/m1/s1. The molecule has 1 aliphatic rings. The van der Waals surface area contributed by atoms with Crippen LogP contribution in [0.4, 0.5) is 18.0 Å². The van der Waals surface area contributed by atoms with E-state index in [2.05, 4.69) is 5.32 Å². The molecule has 0 radical (unpaired) electrons. The number of carboxylic acids is 1. The largest absolute Gasteiger partial charge is 0.481 e. The number of nitrogens with zero attached hydrogens (tertiary/aromatic N) is 2. The van der Waals surface area contributed by atoms with Crippen LogP contribution in [0.25, 0.3) is 0 Å². The zero-order valence-electron chi connectivity index (χ0n) is 13.1. The summed E-state index contributed by atoms with van der Waals surface area (Å²) in [6, 6.07) is 8.01. The maximum absolute atomic E-state index is 12.9. The van der Waals surface area contributed by atoms with E-state index in [1.165, 1.54) is 0 Å². The molecule has 0 unspecified atom stereocenters. The van der Waals surface area contributed by atoms with E-state index in [1.807, 2.05) is 6.07 Å². The molecular formula is C16H16F3N3O3. The van der Waals surface area contributed by atoms with E-state index in [1.54, 1.807) is 24.3 Å². The van der Waals surface area contributed by atoms with E-state index >= 15 is 0 Å². The lowest BCUT2D eigenvalue weighted by Crippen LogP contribution is -2.40. The first-order chi connectivity index (χ1) is 11.7. The van der Waals surface area contributed by atoms with Crippen LogP contribution < -0.4 is 5.32 Å². The van der Waals surface area contributed by atoms with E-state index in [0.717, 1.165) is 10.5 Å². The van der Waals surface area contributed by atoms with Crippen molar-refractivity contribution in [2.45, 2.75) is 12.6 Å². The van der Waals surface area contributed by atoms with Crippen molar-refractivity contribution in [3.63, 3.8) is 0 Å². The minimum absolute atomic E-state index is 0.165. The van der Waals surface area contributed by atoms with Crippen molar-refractivity contribution >= 4 is 12.0 Å². The van der Waals surface area contributed by atoms with Gasteiger partial charge in [-0.1, -0.05) is 12.1 Å². The van der Waals surface area contributed by atoms with Gasteiger partial charge in [0.25, 0.3) is 0 Å². The van der Waals surface area contributed by atoms with Crippen molar-refractivity contribution in [1.29, 1.82) is 5.26 Å². The number of benzene rings is 1. The number of alkyl halides is 3. The number of halogens is 3. The van der Waals surface area contributed by atoms with Gasteiger partial charge in [0.1, 0.15) is 0 Å². The number of carbonyl (C=O) groups excluding carboxylic acids is 1. The van der Waals surface area contributed by atoms with Crippen molar-refractivity contribution in [3.8, 4) is 6.07 Å². The van der Waals surface area contributed by atoms with Gasteiger partial charge in [-0.15, -0.1) is 0 Å². The van der Waals surface area contributed by atoms with Crippen LogP contribution in [-0.2, 0) is 11.2 Å². The highest BCUT2D eigenvalue weighted by molar-refractivity contribution is 5.77. The molecule has 2 atom stereocenters. The Kier molecular flexibility index (Phi) is 5.51. The molecule has 1 aromatic rings. The van der Waals surface area contributed by atoms with Crippen molar-refractivity contribution in [2.75, 3.05) is 19.6 Å². The fourth-order valence-electron chi connectivity index (χ4n) is 2.77. The summed E-state index contributed by atoms with van der Waals surface area (Å²) in [5.74, 6) is -5.29. The summed E-state index contributed by atoms with van der Waals surface area (Å²) in [4.78, 5) is 23.9. The number of carboxylic acid groups (broad SMARTS) is 1. The van der Waals surface area contributed by atoms with Crippen LogP contribution >= 0.6 is 0 Å². The third-order valence-corrected chi connectivity index (χ3v) is 4.09. The highest BCUT2D eigenvalue weighted by atomic mass is 19.4. The van der Waals surface area contributed by atoms with E-state index in [9.17, 15) is 22.8 Å². The Bertz CT molecular complexity index is 700. The van der Waals surface area contributed by atoms with E-state index in [4.69, 9.17) is 10.4 Å². The molecule has 0 spiro atoms. The average molecular weight is 355 g/mol. The molecule has 1 heterocycles. The molecule has 0 saturated carbocycles. The smallest absolute Gasteiger partial charge is 0.394 e. The second-order valence-corrected chi connectivity index (χ2v) is 5.79. The summed E-state index contributed by atoms with van der Waals surface area (Å²) in [5, 5.41) is 20.2. The van der Waals surface area contributed by atoms with Gasteiger partial charge in [0.15, 0.2) is 0 Å². The number of hydrogen-bond donors (Lipinski definition) is 2. The van der Waals surface area contributed by atoms with Crippen molar-refractivity contribution in [3.05, 3.63) is 35.4 Å². The molecule has 1 aromatic carbocycles. The van der Waals surface area contributed by atoms with E-state index in [0.29, 0.717) is 12.0 Å². The quantitative estimate of drug-likeness (QED) is 0.864. The molecule has 1 aliphatic heterocycles. The normalized spacial score (nSPS) is 20.2. The van der Waals surface area contributed by atoms with Crippen LogP contribution in [0.1, 0.15) is 11.1 Å². The summed E-state index contributed by atoms with van der Waals surface area (Å²) in [7, 11) is 0. The van der Waals surface area contributed by atoms with Crippen molar-refractivity contribution < 1.29 is 27.9 Å². The van der Waals surface area contributed by atoms with Gasteiger partial charge in [0.05, 0.1) is 23.5 Å². The molecule has 0 aliphatic carbocycles. The number of likely N-dealkylation sites (tertiary alicyclic amines) is 1. The Balaban J connectivity index is 1.91. The van der Waals surface area contributed by atoms with Gasteiger partial charge in [-0.25, -0.2) is 4.79 Å². The maximum Gasteiger partial charge on any atom is 0.394 e. The fourth-order valence-corrected chi connectivity index (χ4v) is 2.77. The van der Waals surface area contributed by atoms with Gasteiger partial charge in [0.2, 0.25) is 0 Å². The predicted octanol–water partition coefficient (Wildman–Crippen LogP) is 2.01. The topological polar surface area (TPSA) is 93.4 Å². The highest BCUT2D eigenvalue weighted by Gasteiger charge is 2.53. The molecule has 1 saturated heterocycles. The maximum atomic E-state index is 12.9. The van der Waals surface area contributed by atoms with Gasteiger partial charge in [-0.05, 0) is 24.1 Å². The van der Waals surface area contributed by atoms with Crippen LogP contribution in [0.3, 0.4) is 0 Å². The fraction of sp³-hybridized carbons (Fsp3) is 0.438. The molecule has 25 heavy (non-hydrogen) atoms. The minimum Gasteiger partial charge on any atom is -0.481 e. The molecule has 2 rings (SSSR count). The van der Waals surface area contributed by atoms with Gasteiger partial charge >= 0.3 is 18.2 Å². The molecular weight excluding hydrogens is 339 g/mol. The lowest BCUT2D eigenvalue weighted by molar-refractivity contribution is -0.187. The number of amides is 2. The molecule has 1 fully saturated rings. The van der Waals surface area contributed by atoms with Crippen LogP contribution in [0.5, 0.6) is 0 Å². The third-order valence-electron chi connectivity index (χ3n) is 4.09. The number of hydrogen-bond acceptors (Lipinski definition) is 3. The lowest BCUT2D eigenvalue weighted by Gasteiger charge is -2.18. The van der Waals surface area contributed by atoms with Crippen molar-refractivity contribution in [1.82, 2.24) is 10.2 Å². The predicted molar refractivity (Wildman–Crippen MR) is 80.5 cm³/mol. The first-order valence-electron chi connectivity index (χ1n) is 7.53. The van der Waals surface area contributed by atoms with E-state index in [-0.39, 0.29) is 6.54 Å². The summed E-state index contributed by atoms with van der Waals surface area (Å²) in [6.07, 6.45) is -4.27. The van der Waals surface area contributed by atoms with Gasteiger partial charge in [-0.2, -0.15) is 18.4 Å². The monoisotopic (exact) mass is 355 g/mol. The number of urea groups is 1. The highest BCUT2D eigenvalue weighted by Crippen LogP contribution is 2.37. The Labute approximate surface area is 141 Å². The molecule has 2 amide bonds. The molecule has 0 aromatic heterocycles. The average Bonchev–Trinajstić information content (AvgIpc) is 3.01. The molecule has 6 nitrogen and oxygen atoms in total. The Hall–Kier alpha value is -2.76. The molecule has 0 bridgehead atoms. The Morgan fingerprint density at radius 2 is 2.08 bits per heavy atom. The number of carbonyl (C=O) groups is 2. The SMILES string of the molecule is N#Cc1cccc(CCNC(=O)N2C[C@@H](C(F)(F)F)[C@H](C(=O)O)C2)c1. The van der Waals surface area contributed by atoms with E-state index < -0.39 is 43.1 Å². The van der Waals surface area contributed by atoms with Crippen LogP contribution in [0.2, 0.25) is 0 Å². The first kappa shape index (κ1) is 18.6. The lowest BCUT2D eigenvalue weighted by atomic mass is 9.96. The number of nitriles is 1. The van der Waals surface area contributed by atoms with Gasteiger partial charge < -0.3 is 15.3 Å². The van der Waals surface area contributed by atoms with Gasteiger partial charge in [0, 0.05) is 19.6 Å². The second-order valence-electron chi connectivity index (χ2n) is 5.79. The molecule has 9 heteroatoms. The first-order valence-corrected chi connectivity index (χ1v) is 7.53. The zero-order valence-corrected chi connectivity index (χ0v) is 13.1. The van der Waals surface area contributed by atoms with Crippen LogP contribution in [-0.4, -0.2) is 47.8 Å². The number of rotatable bonds is 4. The molecule has 134 valence electrons. The van der Waals surface area contributed by atoms with Crippen LogP contribution in [0, 0.1) is 23.2 Å². The minimum atomic E-state index is -4.67. The summed E-state index contributed by atoms with van der Waals surface area (Å²) < 4.78 is 38.7. The Morgan fingerprint density at radius 3 is 2.64 bits per heavy atom. The summed E-state index contributed by atoms with van der Waals surface area (Å²) in [5.41, 5.74) is 1.28. The molecule has 2 N–H and O–H groups in total. The third kappa shape index (κ3) is 4.62. The number of nitrogens with one attached hydrogen (secondary N) is 1. The summed E-state index contributed by atoms with van der Waals surface area (Å²) in [6.45, 7) is -0.982.